The highest BCUT2D eigenvalue weighted by Gasteiger charge is 2.13. The Bertz CT molecular complexity index is 676. The zero-order chi connectivity index (χ0) is 16.1. The van der Waals surface area contributed by atoms with Crippen molar-refractivity contribution in [3.05, 3.63) is 64.2 Å². The highest BCUT2D eigenvalue weighted by atomic mass is 35.5. The van der Waals surface area contributed by atoms with Crippen molar-refractivity contribution >= 4 is 29.1 Å². The van der Waals surface area contributed by atoms with Crippen LogP contribution in [0.4, 0.5) is 5.69 Å². The Morgan fingerprint density at radius 1 is 0.955 bits per heavy atom. The van der Waals surface area contributed by atoms with Crippen LogP contribution < -0.4 is 10.6 Å². The lowest BCUT2D eigenvalue weighted by Crippen LogP contribution is -2.34. The summed E-state index contributed by atoms with van der Waals surface area (Å²) >= 11 is 5.79. The minimum absolute atomic E-state index is 0.274. The van der Waals surface area contributed by atoms with Crippen molar-refractivity contribution in [3.63, 3.8) is 0 Å². The van der Waals surface area contributed by atoms with E-state index in [-0.39, 0.29) is 6.54 Å². The fourth-order valence-corrected chi connectivity index (χ4v) is 2.23. The zero-order valence-electron chi connectivity index (χ0n) is 12.4. The van der Waals surface area contributed by atoms with E-state index >= 15 is 0 Å². The second-order valence-corrected chi connectivity index (χ2v) is 5.58. The molecule has 0 aliphatic carbocycles. The number of nitrogens with one attached hydrogen (secondary N) is 2. The van der Waals surface area contributed by atoms with Crippen LogP contribution in [0.1, 0.15) is 16.7 Å². The molecule has 0 saturated heterocycles. The fraction of sp³-hybridized carbons (Fsp3) is 0.176. The molecule has 5 heteroatoms. The largest absolute Gasteiger partial charge is 0.344 e. The van der Waals surface area contributed by atoms with Gasteiger partial charge in [0.15, 0.2) is 0 Å². The lowest BCUT2D eigenvalue weighted by atomic mass is 10.1. The van der Waals surface area contributed by atoms with E-state index in [0.29, 0.717) is 10.7 Å². The van der Waals surface area contributed by atoms with Gasteiger partial charge in [-0.25, -0.2) is 0 Å². The van der Waals surface area contributed by atoms with Crippen molar-refractivity contribution in [2.24, 2.45) is 0 Å². The maximum atomic E-state index is 11.9. The van der Waals surface area contributed by atoms with Crippen molar-refractivity contribution in [1.82, 2.24) is 5.32 Å². The Kier molecular flexibility index (Phi) is 5.17. The number of carbonyl (C=O) groups is 2. The van der Waals surface area contributed by atoms with E-state index in [1.165, 1.54) is 0 Å². The highest BCUT2D eigenvalue weighted by Crippen LogP contribution is 2.13. The first-order valence-corrected chi connectivity index (χ1v) is 7.24. The van der Waals surface area contributed by atoms with Crippen molar-refractivity contribution in [2.75, 3.05) is 5.32 Å². The van der Waals surface area contributed by atoms with Crippen LogP contribution in [0.15, 0.2) is 42.5 Å². The molecule has 0 bridgehead atoms. The first-order valence-electron chi connectivity index (χ1n) is 6.86. The van der Waals surface area contributed by atoms with Gasteiger partial charge in [0.25, 0.3) is 0 Å². The normalized spacial score (nSPS) is 10.1. The Hall–Kier alpha value is -2.33. The minimum Gasteiger partial charge on any atom is -0.344 e. The van der Waals surface area contributed by atoms with E-state index in [9.17, 15) is 9.59 Å². The zero-order valence-corrected chi connectivity index (χ0v) is 13.2. The van der Waals surface area contributed by atoms with Gasteiger partial charge in [0.2, 0.25) is 0 Å². The van der Waals surface area contributed by atoms with Gasteiger partial charge in [-0.15, -0.1) is 0 Å². The van der Waals surface area contributed by atoms with E-state index < -0.39 is 11.8 Å². The highest BCUT2D eigenvalue weighted by molar-refractivity contribution is 6.39. The van der Waals surface area contributed by atoms with Crippen LogP contribution in [0.2, 0.25) is 5.02 Å². The molecule has 0 saturated carbocycles. The van der Waals surface area contributed by atoms with Crippen LogP contribution in [0.25, 0.3) is 0 Å². The first kappa shape index (κ1) is 16.0. The summed E-state index contributed by atoms with van der Waals surface area (Å²) in [4.78, 5) is 23.7. The molecule has 0 aliphatic heterocycles. The number of amides is 2. The number of halogens is 1. The molecule has 114 valence electrons. The maximum absolute atomic E-state index is 11.9. The van der Waals surface area contributed by atoms with E-state index in [1.54, 1.807) is 24.3 Å². The third kappa shape index (κ3) is 4.60. The van der Waals surface area contributed by atoms with Gasteiger partial charge in [-0.2, -0.15) is 0 Å². The molecule has 2 aromatic carbocycles. The van der Waals surface area contributed by atoms with E-state index in [1.807, 2.05) is 32.0 Å². The first-order chi connectivity index (χ1) is 10.4. The quantitative estimate of drug-likeness (QED) is 0.854. The number of benzene rings is 2. The Morgan fingerprint density at radius 2 is 1.55 bits per heavy atom. The summed E-state index contributed by atoms with van der Waals surface area (Å²) in [5, 5.41) is 5.80. The third-order valence-corrected chi connectivity index (χ3v) is 3.30. The molecular formula is C17H17ClN2O2. The molecule has 0 aliphatic rings. The van der Waals surface area contributed by atoms with Crippen molar-refractivity contribution in [3.8, 4) is 0 Å². The van der Waals surface area contributed by atoms with E-state index in [4.69, 9.17) is 11.6 Å². The molecule has 0 fully saturated rings. The Balaban J connectivity index is 1.91. The van der Waals surface area contributed by atoms with Crippen molar-refractivity contribution in [1.29, 1.82) is 0 Å². The van der Waals surface area contributed by atoms with Crippen molar-refractivity contribution < 1.29 is 9.59 Å². The van der Waals surface area contributed by atoms with Gasteiger partial charge < -0.3 is 10.6 Å². The molecule has 22 heavy (non-hydrogen) atoms. The Morgan fingerprint density at radius 3 is 2.14 bits per heavy atom. The summed E-state index contributed by atoms with van der Waals surface area (Å²) in [5.74, 6) is -1.35. The topological polar surface area (TPSA) is 58.2 Å². The monoisotopic (exact) mass is 316 g/mol. The van der Waals surface area contributed by atoms with Gasteiger partial charge in [-0.3, -0.25) is 9.59 Å². The van der Waals surface area contributed by atoms with Crippen LogP contribution >= 0.6 is 11.6 Å². The SMILES string of the molecule is Cc1cc(C)cc(NC(=O)C(=O)NCc2ccc(Cl)cc2)c1. The number of anilines is 1. The Labute approximate surface area is 134 Å². The van der Waals surface area contributed by atoms with E-state index in [2.05, 4.69) is 10.6 Å². The van der Waals surface area contributed by atoms with Crippen LogP contribution in [-0.4, -0.2) is 11.8 Å². The van der Waals surface area contributed by atoms with Gasteiger partial charge in [-0.05, 0) is 54.8 Å². The second kappa shape index (κ2) is 7.09. The number of hydrogen-bond donors (Lipinski definition) is 2. The van der Waals surface area contributed by atoms with Crippen molar-refractivity contribution in [2.45, 2.75) is 20.4 Å². The third-order valence-electron chi connectivity index (χ3n) is 3.05. The van der Waals surface area contributed by atoms with Gasteiger partial charge in [-0.1, -0.05) is 29.8 Å². The molecule has 0 radical (unpaired) electrons. The van der Waals surface area contributed by atoms with Gasteiger partial charge in [0, 0.05) is 17.3 Å². The summed E-state index contributed by atoms with van der Waals surface area (Å²) in [6.07, 6.45) is 0. The van der Waals surface area contributed by atoms with Crippen LogP contribution in [0, 0.1) is 13.8 Å². The van der Waals surface area contributed by atoms with Gasteiger partial charge >= 0.3 is 11.8 Å². The molecule has 2 rings (SSSR count). The van der Waals surface area contributed by atoms with Gasteiger partial charge in [0.1, 0.15) is 0 Å². The maximum Gasteiger partial charge on any atom is 0.313 e. The second-order valence-electron chi connectivity index (χ2n) is 5.14. The average molecular weight is 317 g/mol. The lowest BCUT2D eigenvalue weighted by Gasteiger charge is -2.08. The molecule has 0 heterocycles. The lowest BCUT2D eigenvalue weighted by molar-refractivity contribution is -0.136. The fourth-order valence-electron chi connectivity index (χ4n) is 2.10. The molecule has 2 N–H and O–H groups in total. The summed E-state index contributed by atoms with van der Waals surface area (Å²) in [5.41, 5.74) is 3.54. The minimum atomic E-state index is -0.682. The predicted octanol–water partition coefficient (Wildman–Crippen LogP) is 3.21. The molecule has 0 unspecified atom stereocenters. The van der Waals surface area contributed by atoms with Crippen LogP contribution in [0.3, 0.4) is 0 Å². The summed E-state index contributed by atoms with van der Waals surface area (Å²) in [6.45, 7) is 4.14. The molecule has 0 aromatic heterocycles. The molecule has 2 amide bonds. The molecule has 2 aromatic rings. The molecule has 4 nitrogen and oxygen atoms in total. The molecule has 0 atom stereocenters. The van der Waals surface area contributed by atoms with E-state index in [0.717, 1.165) is 16.7 Å². The number of carbonyl (C=O) groups excluding carboxylic acids is 2. The summed E-state index contributed by atoms with van der Waals surface area (Å²) < 4.78 is 0. The van der Waals surface area contributed by atoms with Crippen LogP contribution in [0.5, 0.6) is 0 Å². The molecule has 0 spiro atoms. The predicted molar refractivity (Wildman–Crippen MR) is 87.8 cm³/mol. The average Bonchev–Trinajstić information content (AvgIpc) is 2.45. The van der Waals surface area contributed by atoms with Gasteiger partial charge in [0.05, 0.1) is 0 Å². The van der Waals surface area contributed by atoms with Crippen LogP contribution in [-0.2, 0) is 16.1 Å². The standard InChI is InChI=1S/C17H17ClN2O2/c1-11-7-12(2)9-15(8-11)20-17(22)16(21)19-10-13-3-5-14(18)6-4-13/h3-9H,10H2,1-2H3,(H,19,21)(H,20,22). The smallest absolute Gasteiger partial charge is 0.313 e. The molecular weight excluding hydrogens is 300 g/mol. The summed E-state index contributed by atoms with van der Waals surface area (Å²) in [7, 11) is 0. The summed E-state index contributed by atoms with van der Waals surface area (Å²) in [6, 6.07) is 12.7. The number of rotatable bonds is 3. The number of hydrogen-bond acceptors (Lipinski definition) is 2. The number of aryl methyl sites for hydroxylation is 2.